The minimum absolute atomic E-state index is 0.111. The van der Waals surface area contributed by atoms with Crippen LogP contribution in [0.5, 0.6) is 0 Å². The van der Waals surface area contributed by atoms with E-state index in [2.05, 4.69) is 25.3 Å². The second-order valence-corrected chi connectivity index (χ2v) is 15.4. The Morgan fingerprint density at radius 3 is 1.77 bits per heavy atom. The van der Waals surface area contributed by atoms with E-state index in [4.69, 9.17) is 40.5 Å². The molecule has 4 heterocycles. The first-order valence-corrected chi connectivity index (χ1v) is 18.5. The molecule has 0 spiro atoms. The molecule has 0 saturated heterocycles. The molecule has 0 saturated carbocycles. The summed E-state index contributed by atoms with van der Waals surface area (Å²) in [5.74, 6) is 0.496. The molecule has 0 radical (unpaired) electrons. The molecule has 224 valence electrons. The average molecular weight is 716 g/mol. The number of nitrogens with zero attached hydrogens (tertiary/aromatic N) is 4. The minimum Gasteiger partial charge on any atom is -0.398 e. The number of nitrogens with one attached hydrogen (secondary N) is 1. The first-order chi connectivity index (χ1) is 20.2. The summed E-state index contributed by atoms with van der Waals surface area (Å²) >= 11 is 20.2. The van der Waals surface area contributed by atoms with Crippen LogP contribution < -0.4 is 11.1 Å². The molecule has 4 aromatic heterocycles. The first kappa shape index (κ1) is 32.8. The number of benzene rings is 2. The lowest BCUT2D eigenvalue weighted by molar-refractivity contribution is 0.600. The molecule has 0 aliphatic heterocycles. The van der Waals surface area contributed by atoms with Crippen LogP contribution in [0.15, 0.2) is 81.2 Å². The lowest BCUT2D eigenvalue weighted by Gasteiger charge is -2.10. The van der Waals surface area contributed by atoms with Crippen molar-refractivity contribution in [2.45, 2.75) is 9.79 Å². The van der Waals surface area contributed by atoms with Crippen molar-refractivity contribution in [3.8, 4) is 0 Å². The standard InChI is InChI=1S/C13H10ClN3O2S2.C7H9NO2S.C6H2Cl2N2S/c1-21(18,19)10-5-3-2-4-8(10)15-12-11-9(6-7-20-11)16-13(14)17-12;1-11(9,10)7-5-3-2-4-6(7)8;7-5-4-3(1-2-11-4)9-6(8)10-5/h2-7H,1H3,(H,15,16,17);2-5H,8H2,1H3;1-2H. The monoisotopic (exact) mass is 714 g/mol. The summed E-state index contributed by atoms with van der Waals surface area (Å²) in [6, 6.07) is 16.8. The molecule has 0 aliphatic carbocycles. The van der Waals surface area contributed by atoms with Gasteiger partial charge in [0, 0.05) is 12.5 Å². The normalized spacial score (nSPS) is 11.4. The Balaban J connectivity index is 0.000000162. The highest BCUT2D eigenvalue weighted by atomic mass is 35.5. The van der Waals surface area contributed by atoms with Crippen molar-refractivity contribution in [3.05, 3.63) is 87.1 Å². The predicted octanol–water partition coefficient (Wildman–Crippen LogP) is 7.16. The minimum atomic E-state index is -3.34. The lowest BCUT2D eigenvalue weighted by atomic mass is 10.3. The molecule has 17 heteroatoms. The number of rotatable bonds is 4. The van der Waals surface area contributed by atoms with Gasteiger partial charge in [-0.2, -0.15) is 4.98 Å². The van der Waals surface area contributed by atoms with E-state index < -0.39 is 19.7 Å². The van der Waals surface area contributed by atoms with Gasteiger partial charge in [-0.05, 0) is 70.4 Å². The average Bonchev–Trinajstić information content (AvgIpc) is 3.59. The number of fused-ring (bicyclic) bond motifs is 2. The van der Waals surface area contributed by atoms with Crippen LogP contribution in [0.3, 0.4) is 0 Å². The topological polar surface area (TPSA) is 158 Å². The fourth-order valence-corrected chi connectivity index (χ4v) is 7.42. The maximum absolute atomic E-state index is 11.8. The Hall–Kier alpha value is -3.11. The third kappa shape index (κ3) is 8.50. The van der Waals surface area contributed by atoms with E-state index in [1.165, 1.54) is 35.0 Å². The van der Waals surface area contributed by atoms with Gasteiger partial charge in [0.15, 0.2) is 30.6 Å². The number of halogens is 3. The van der Waals surface area contributed by atoms with Gasteiger partial charge in [0.05, 0.1) is 41.6 Å². The fraction of sp³-hybridized carbons (Fsp3) is 0.0769. The number of nitrogen functional groups attached to an aromatic ring is 1. The maximum Gasteiger partial charge on any atom is 0.224 e. The third-order valence-corrected chi connectivity index (χ3v) is 10.2. The van der Waals surface area contributed by atoms with Crippen LogP contribution in [0.4, 0.5) is 17.2 Å². The van der Waals surface area contributed by atoms with Gasteiger partial charge in [0.25, 0.3) is 0 Å². The molecule has 6 rings (SSSR count). The van der Waals surface area contributed by atoms with Crippen molar-refractivity contribution in [1.29, 1.82) is 0 Å². The van der Waals surface area contributed by atoms with Gasteiger partial charge < -0.3 is 11.1 Å². The molecule has 10 nitrogen and oxygen atoms in total. The molecule has 43 heavy (non-hydrogen) atoms. The molecule has 2 aromatic carbocycles. The van der Waals surface area contributed by atoms with Crippen molar-refractivity contribution in [2.75, 3.05) is 23.6 Å². The second-order valence-electron chi connectivity index (χ2n) is 8.60. The van der Waals surface area contributed by atoms with E-state index in [0.29, 0.717) is 22.3 Å². The predicted molar refractivity (Wildman–Crippen MR) is 177 cm³/mol. The molecular weight excluding hydrogens is 695 g/mol. The van der Waals surface area contributed by atoms with Gasteiger partial charge in [-0.1, -0.05) is 35.9 Å². The number of aromatic nitrogens is 4. The van der Waals surface area contributed by atoms with Crippen LogP contribution in [0.25, 0.3) is 20.4 Å². The number of hydrogen-bond acceptors (Lipinski definition) is 12. The zero-order chi connectivity index (χ0) is 31.4. The first-order valence-electron chi connectivity index (χ1n) is 11.8. The van der Waals surface area contributed by atoms with Gasteiger partial charge in [-0.25, -0.2) is 31.8 Å². The van der Waals surface area contributed by atoms with E-state index >= 15 is 0 Å². The van der Waals surface area contributed by atoms with E-state index in [-0.39, 0.29) is 20.4 Å². The van der Waals surface area contributed by atoms with E-state index in [0.717, 1.165) is 26.7 Å². The molecule has 0 unspecified atom stereocenters. The molecule has 3 N–H and O–H groups in total. The Morgan fingerprint density at radius 2 is 1.19 bits per heavy atom. The van der Waals surface area contributed by atoms with E-state index in [1.54, 1.807) is 42.5 Å². The van der Waals surface area contributed by atoms with Crippen LogP contribution in [0.1, 0.15) is 0 Å². The summed E-state index contributed by atoms with van der Waals surface area (Å²) in [6.07, 6.45) is 2.31. The highest BCUT2D eigenvalue weighted by molar-refractivity contribution is 7.91. The van der Waals surface area contributed by atoms with Crippen molar-refractivity contribution < 1.29 is 16.8 Å². The van der Waals surface area contributed by atoms with E-state index in [9.17, 15) is 16.8 Å². The Kier molecular flexibility index (Phi) is 10.4. The number of para-hydroxylation sites is 2. The molecule has 0 amide bonds. The smallest absolute Gasteiger partial charge is 0.224 e. The summed E-state index contributed by atoms with van der Waals surface area (Å²) in [5.41, 5.74) is 7.72. The molecule has 0 fully saturated rings. The Morgan fingerprint density at radius 1 is 0.674 bits per heavy atom. The van der Waals surface area contributed by atoms with Gasteiger partial charge in [0.2, 0.25) is 10.6 Å². The third-order valence-electron chi connectivity index (χ3n) is 5.37. The van der Waals surface area contributed by atoms with Gasteiger partial charge in [-0.15, -0.1) is 22.7 Å². The zero-order valence-corrected chi connectivity index (χ0v) is 27.7. The number of nitrogens with two attached hydrogens (primary N) is 1. The summed E-state index contributed by atoms with van der Waals surface area (Å²) in [6.45, 7) is 0. The van der Waals surface area contributed by atoms with Crippen molar-refractivity contribution in [3.63, 3.8) is 0 Å². The molecule has 6 aromatic rings. The number of sulfone groups is 2. The van der Waals surface area contributed by atoms with Gasteiger partial charge >= 0.3 is 0 Å². The van der Waals surface area contributed by atoms with Gasteiger partial charge in [-0.3, -0.25) is 0 Å². The molecule has 0 atom stereocenters. The Labute approximate surface area is 270 Å². The second kappa shape index (κ2) is 13.7. The Bertz CT molecular complexity index is 2140. The van der Waals surface area contributed by atoms with Crippen LogP contribution in [-0.2, 0) is 19.7 Å². The highest BCUT2D eigenvalue weighted by Crippen LogP contribution is 2.32. The summed E-state index contributed by atoms with van der Waals surface area (Å²) in [5, 5.41) is 7.56. The van der Waals surface area contributed by atoms with Crippen molar-refractivity contribution in [1.82, 2.24) is 19.9 Å². The maximum atomic E-state index is 11.8. The van der Waals surface area contributed by atoms with E-state index in [1.807, 2.05) is 22.9 Å². The number of hydrogen-bond donors (Lipinski definition) is 2. The summed E-state index contributed by atoms with van der Waals surface area (Å²) in [4.78, 5) is 16.5. The summed E-state index contributed by atoms with van der Waals surface area (Å²) in [7, 11) is -6.50. The van der Waals surface area contributed by atoms with Crippen LogP contribution in [-0.4, -0.2) is 49.3 Å². The summed E-state index contributed by atoms with van der Waals surface area (Å²) < 4.78 is 47.3. The van der Waals surface area contributed by atoms with Crippen molar-refractivity contribution in [2.24, 2.45) is 0 Å². The molecular formula is C26H21Cl3N6O4S4. The van der Waals surface area contributed by atoms with Crippen LogP contribution >= 0.6 is 57.5 Å². The lowest BCUT2D eigenvalue weighted by Crippen LogP contribution is -2.03. The number of anilines is 3. The molecule has 0 bridgehead atoms. The van der Waals surface area contributed by atoms with Gasteiger partial charge in [0.1, 0.15) is 0 Å². The zero-order valence-electron chi connectivity index (χ0n) is 22.2. The fourth-order valence-electron chi connectivity index (χ4n) is 3.56. The van der Waals surface area contributed by atoms with Crippen LogP contribution in [0.2, 0.25) is 15.7 Å². The SMILES string of the molecule is CS(=O)(=O)c1ccccc1N.CS(=O)(=O)c1ccccc1Nc1nc(Cl)nc2ccsc12.Clc1nc(Cl)c2sccc2n1. The van der Waals surface area contributed by atoms with Crippen LogP contribution in [0, 0.1) is 0 Å². The molecule has 0 aliphatic rings. The van der Waals surface area contributed by atoms with Crippen molar-refractivity contribution >= 4 is 115 Å². The highest BCUT2D eigenvalue weighted by Gasteiger charge is 2.15. The number of thiophene rings is 2. The quantitative estimate of drug-likeness (QED) is 0.109. The largest absolute Gasteiger partial charge is 0.398 e.